The number of hydrogen-bond donors (Lipinski definition) is 2. The molecule has 142 valence electrons. The summed E-state index contributed by atoms with van der Waals surface area (Å²) in [6, 6.07) is 18.1. The first-order valence-corrected chi connectivity index (χ1v) is 9.36. The highest BCUT2D eigenvalue weighted by Crippen LogP contribution is 2.29. The lowest BCUT2D eigenvalue weighted by Crippen LogP contribution is -2.30. The number of amides is 2. The van der Waals surface area contributed by atoms with Crippen LogP contribution in [0, 0.1) is 0 Å². The monoisotopic (exact) mass is 394 g/mol. The van der Waals surface area contributed by atoms with Crippen molar-refractivity contribution in [1.82, 2.24) is 5.32 Å². The molecule has 0 aliphatic heterocycles. The molecule has 0 atom stereocenters. The van der Waals surface area contributed by atoms with Crippen LogP contribution in [0.15, 0.2) is 66.0 Å². The Morgan fingerprint density at radius 1 is 0.964 bits per heavy atom. The highest BCUT2D eigenvalue weighted by atomic mass is 32.1. The first kappa shape index (κ1) is 19.3. The van der Waals surface area contributed by atoms with Crippen molar-refractivity contribution >= 4 is 34.8 Å². The van der Waals surface area contributed by atoms with E-state index in [0.717, 1.165) is 11.1 Å². The van der Waals surface area contributed by atoms with E-state index in [9.17, 15) is 14.4 Å². The Kier molecular flexibility index (Phi) is 6.18. The third kappa shape index (κ3) is 4.63. The number of rotatable bonds is 6. The average molecular weight is 394 g/mol. The molecule has 1 aromatic heterocycles. The molecule has 2 aromatic carbocycles. The van der Waals surface area contributed by atoms with Crippen molar-refractivity contribution < 1.29 is 19.1 Å². The van der Waals surface area contributed by atoms with Crippen LogP contribution >= 0.6 is 11.3 Å². The van der Waals surface area contributed by atoms with Gasteiger partial charge in [-0.2, -0.15) is 0 Å². The normalized spacial score (nSPS) is 10.2. The number of anilines is 1. The van der Waals surface area contributed by atoms with E-state index >= 15 is 0 Å². The Balaban J connectivity index is 1.73. The number of ether oxygens (including phenoxy) is 1. The van der Waals surface area contributed by atoms with Gasteiger partial charge in [0.05, 0.1) is 12.0 Å². The van der Waals surface area contributed by atoms with Crippen molar-refractivity contribution in [2.75, 3.05) is 19.0 Å². The van der Waals surface area contributed by atoms with E-state index in [1.807, 2.05) is 41.8 Å². The number of benzene rings is 2. The lowest BCUT2D eigenvalue weighted by atomic mass is 10.1. The van der Waals surface area contributed by atoms with Crippen LogP contribution in [0.4, 0.5) is 5.69 Å². The number of carbonyl (C=O) groups excluding carboxylic acids is 3. The van der Waals surface area contributed by atoms with Crippen LogP contribution in [0.5, 0.6) is 0 Å². The fourth-order valence-corrected chi connectivity index (χ4v) is 3.39. The minimum absolute atomic E-state index is 0.221. The van der Waals surface area contributed by atoms with Crippen LogP contribution in [-0.2, 0) is 9.53 Å². The summed E-state index contributed by atoms with van der Waals surface area (Å²) in [5.74, 6) is -1.22. The van der Waals surface area contributed by atoms with Crippen LogP contribution < -0.4 is 10.6 Å². The van der Waals surface area contributed by atoms with E-state index in [2.05, 4.69) is 15.4 Å². The maximum absolute atomic E-state index is 12.7. The molecule has 0 saturated heterocycles. The zero-order chi connectivity index (χ0) is 19.9. The van der Waals surface area contributed by atoms with Crippen molar-refractivity contribution in [3.05, 3.63) is 76.5 Å². The van der Waals surface area contributed by atoms with Crippen LogP contribution in [0.2, 0.25) is 0 Å². The third-order valence-electron chi connectivity index (χ3n) is 3.96. The molecule has 28 heavy (non-hydrogen) atoms. The topological polar surface area (TPSA) is 84.5 Å². The Morgan fingerprint density at radius 2 is 1.75 bits per heavy atom. The first-order chi connectivity index (χ1) is 13.6. The van der Waals surface area contributed by atoms with Gasteiger partial charge in [0, 0.05) is 16.8 Å². The Hall–Kier alpha value is -3.45. The molecule has 3 aromatic rings. The molecule has 0 fully saturated rings. The molecule has 3 rings (SSSR count). The van der Waals surface area contributed by atoms with Gasteiger partial charge in [0.2, 0.25) is 0 Å². The van der Waals surface area contributed by atoms with E-state index in [4.69, 9.17) is 0 Å². The summed E-state index contributed by atoms with van der Waals surface area (Å²) >= 11 is 1.35. The first-order valence-electron chi connectivity index (χ1n) is 8.48. The molecule has 0 saturated carbocycles. The SMILES string of the molecule is COC(=O)CNC(=O)c1cccc(NC(=O)c2sccc2-c2ccccc2)c1. The van der Waals surface area contributed by atoms with Crippen molar-refractivity contribution in [3.8, 4) is 11.1 Å². The quantitative estimate of drug-likeness (QED) is 0.626. The van der Waals surface area contributed by atoms with E-state index in [0.29, 0.717) is 16.1 Å². The molecule has 0 bridgehead atoms. The molecule has 0 unspecified atom stereocenters. The fraction of sp³-hybridized carbons (Fsp3) is 0.0952. The number of hydrogen-bond acceptors (Lipinski definition) is 5. The summed E-state index contributed by atoms with van der Waals surface area (Å²) in [6.07, 6.45) is 0. The minimum atomic E-state index is -0.538. The molecule has 7 heteroatoms. The molecule has 1 heterocycles. The molecular formula is C21H18N2O4S. The number of carbonyl (C=O) groups is 3. The summed E-state index contributed by atoms with van der Waals surface area (Å²) in [7, 11) is 1.25. The Morgan fingerprint density at radius 3 is 2.50 bits per heavy atom. The molecule has 0 radical (unpaired) electrons. The summed E-state index contributed by atoms with van der Waals surface area (Å²) in [5, 5.41) is 7.16. The van der Waals surface area contributed by atoms with Crippen molar-refractivity contribution in [1.29, 1.82) is 0 Å². The largest absolute Gasteiger partial charge is 0.468 e. The highest BCUT2D eigenvalue weighted by molar-refractivity contribution is 7.12. The third-order valence-corrected chi connectivity index (χ3v) is 4.87. The Labute approximate surface area is 166 Å². The standard InChI is InChI=1S/C21H18N2O4S/c1-27-18(24)13-22-20(25)15-8-5-9-16(12-15)23-21(26)19-17(10-11-28-19)14-6-3-2-4-7-14/h2-12H,13H2,1H3,(H,22,25)(H,23,26). The molecule has 0 aliphatic carbocycles. The summed E-state index contributed by atoms with van der Waals surface area (Å²) in [4.78, 5) is 36.6. The Bertz CT molecular complexity index is 998. The van der Waals surface area contributed by atoms with E-state index in [1.165, 1.54) is 18.4 Å². The van der Waals surface area contributed by atoms with Crippen LogP contribution in [0.25, 0.3) is 11.1 Å². The van der Waals surface area contributed by atoms with Gasteiger partial charge >= 0.3 is 5.97 Å². The van der Waals surface area contributed by atoms with Gasteiger partial charge in [0.15, 0.2) is 0 Å². The second-order valence-electron chi connectivity index (χ2n) is 5.82. The molecular weight excluding hydrogens is 376 g/mol. The fourth-order valence-electron chi connectivity index (χ4n) is 2.58. The highest BCUT2D eigenvalue weighted by Gasteiger charge is 2.15. The maximum atomic E-state index is 12.7. The predicted octanol–water partition coefficient (Wildman–Crippen LogP) is 3.57. The summed E-state index contributed by atoms with van der Waals surface area (Å²) in [5.41, 5.74) is 2.64. The zero-order valence-corrected chi connectivity index (χ0v) is 15.9. The van der Waals surface area contributed by atoms with Gasteiger partial charge in [-0.1, -0.05) is 36.4 Å². The molecule has 0 spiro atoms. The van der Waals surface area contributed by atoms with Crippen LogP contribution in [0.3, 0.4) is 0 Å². The number of nitrogens with one attached hydrogen (secondary N) is 2. The average Bonchev–Trinajstić information content (AvgIpc) is 3.22. The smallest absolute Gasteiger partial charge is 0.325 e. The van der Waals surface area contributed by atoms with Gasteiger partial charge in [-0.15, -0.1) is 11.3 Å². The van der Waals surface area contributed by atoms with Gasteiger partial charge < -0.3 is 15.4 Å². The number of methoxy groups -OCH3 is 1. The van der Waals surface area contributed by atoms with E-state index in [1.54, 1.807) is 24.3 Å². The molecule has 2 amide bonds. The minimum Gasteiger partial charge on any atom is -0.468 e. The van der Waals surface area contributed by atoms with Crippen LogP contribution in [-0.4, -0.2) is 31.4 Å². The van der Waals surface area contributed by atoms with Gasteiger partial charge in [-0.3, -0.25) is 14.4 Å². The van der Waals surface area contributed by atoms with Crippen molar-refractivity contribution in [2.45, 2.75) is 0 Å². The lowest BCUT2D eigenvalue weighted by Gasteiger charge is -2.09. The van der Waals surface area contributed by atoms with E-state index < -0.39 is 11.9 Å². The molecule has 2 N–H and O–H groups in total. The molecule has 0 aliphatic rings. The summed E-state index contributed by atoms with van der Waals surface area (Å²) in [6.45, 7) is -0.221. The van der Waals surface area contributed by atoms with Gasteiger partial charge in [-0.25, -0.2) is 0 Å². The molecule has 6 nitrogen and oxygen atoms in total. The van der Waals surface area contributed by atoms with Gasteiger partial charge in [-0.05, 0) is 35.2 Å². The lowest BCUT2D eigenvalue weighted by molar-refractivity contribution is -0.139. The van der Waals surface area contributed by atoms with E-state index in [-0.39, 0.29) is 12.5 Å². The zero-order valence-electron chi connectivity index (χ0n) is 15.1. The maximum Gasteiger partial charge on any atom is 0.325 e. The second-order valence-corrected chi connectivity index (χ2v) is 6.74. The number of thiophene rings is 1. The van der Waals surface area contributed by atoms with Crippen molar-refractivity contribution in [2.24, 2.45) is 0 Å². The van der Waals surface area contributed by atoms with Crippen molar-refractivity contribution in [3.63, 3.8) is 0 Å². The predicted molar refractivity (Wildman–Crippen MR) is 108 cm³/mol. The number of esters is 1. The van der Waals surface area contributed by atoms with Gasteiger partial charge in [0.25, 0.3) is 11.8 Å². The second kappa shape index (κ2) is 8.96. The summed E-state index contributed by atoms with van der Waals surface area (Å²) < 4.78 is 4.49. The van der Waals surface area contributed by atoms with Crippen LogP contribution in [0.1, 0.15) is 20.0 Å². The van der Waals surface area contributed by atoms with Gasteiger partial charge in [0.1, 0.15) is 6.54 Å².